The molecule has 0 aliphatic heterocycles. The van der Waals surface area contributed by atoms with Gasteiger partial charge in [0.15, 0.2) is 0 Å². The van der Waals surface area contributed by atoms with E-state index in [0.717, 1.165) is 16.5 Å². The number of aromatic nitrogens is 1. The molecule has 2 aromatic rings. The van der Waals surface area contributed by atoms with Crippen molar-refractivity contribution in [2.75, 3.05) is 0 Å². The van der Waals surface area contributed by atoms with Crippen LogP contribution in [-0.2, 0) is 0 Å². The van der Waals surface area contributed by atoms with Crippen LogP contribution in [0.25, 0.3) is 10.9 Å². The summed E-state index contributed by atoms with van der Waals surface area (Å²) in [5, 5.41) is 9.95. The first-order valence-electron chi connectivity index (χ1n) is 4.28. The third kappa shape index (κ3) is 1.32. The largest absolute Gasteiger partial charge is 0.361 e. The average Bonchev–Trinajstić information content (AvgIpc) is 2.60. The summed E-state index contributed by atoms with van der Waals surface area (Å²) in [5.74, 6) is 0. The van der Waals surface area contributed by atoms with Gasteiger partial charge in [-0.2, -0.15) is 5.48 Å². The van der Waals surface area contributed by atoms with E-state index < -0.39 is 0 Å². The van der Waals surface area contributed by atoms with Crippen LogP contribution in [0.3, 0.4) is 0 Å². The third-order valence-corrected chi connectivity index (χ3v) is 2.28. The number of benzene rings is 1. The van der Waals surface area contributed by atoms with E-state index in [-0.39, 0.29) is 6.04 Å². The smallest absolute Gasteiger partial charge is 0.0561 e. The van der Waals surface area contributed by atoms with Crippen molar-refractivity contribution in [1.82, 2.24) is 10.5 Å². The summed E-state index contributed by atoms with van der Waals surface area (Å²) in [4.78, 5) is 3.15. The fourth-order valence-electron chi connectivity index (χ4n) is 1.52. The van der Waals surface area contributed by atoms with Crippen molar-refractivity contribution in [2.24, 2.45) is 0 Å². The molecule has 13 heavy (non-hydrogen) atoms. The second-order valence-electron chi connectivity index (χ2n) is 3.14. The molecule has 3 heteroatoms. The molecule has 1 aromatic carbocycles. The van der Waals surface area contributed by atoms with Crippen LogP contribution in [0.5, 0.6) is 0 Å². The Bertz CT molecular complexity index is 408. The van der Waals surface area contributed by atoms with E-state index in [1.807, 2.05) is 37.4 Å². The van der Waals surface area contributed by atoms with Gasteiger partial charge in [0.05, 0.1) is 6.04 Å². The number of rotatable bonds is 2. The number of para-hydroxylation sites is 1. The van der Waals surface area contributed by atoms with Gasteiger partial charge >= 0.3 is 0 Å². The quantitative estimate of drug-likeness (QED) is 0.614. The highest BCUT2D eigenvalue weighted by molar-refractivity contribution is 5.83. The zero-order valence-electron chi connectivity index (χ0n) is 7.41. The maximum Gasteiger partial charge on any atom is 0.0561 e. The summed E-state index contributed by atoms with van der Waals surface area (Å²) in [6.45, 7) is 1.91. The Morgan fingerprint density at radius 2 is 2.15 bits per heavy atom. The van der Waals surface area contributed by atoms with Crippen molar-refractivity contribution in [1.29, 1.82) is 0 Å². The van der Waals surface area contributed by atoms with Crippen molar-refractivity contribution >= 4 is 10.9 Å². The molecule has 1 aromatic heterocycles. The Hall–Kier alpha value is -1.32. The van der Waals surface area contributed by atoms with Gasteiger partial charge in [0.25, 0.3) is 0 Å². The Kier molecular flexibility index (Phi) is 2.04. The normalized spacial score (nSPS) is 13.4. The van der Waals surface area contributed by atoms with Crippen molar-refractivity contribution in [3.63, 3.8) is 0 Å². The van der Waals surface area contributed by atoms with Gasteiger partial charge < -0.3 is 10.2 Å². The number of aromatic amines is 1. The molecule has 0 radical (unpaired) electrons. The van der Waals surface area contributed by atoms with E-state index in [2.05, 4.69) is 10.5 Å². The molecule has 3 nitrogen and oxygen atoms in total. The topological polar surface area (TPSA) is 48.0 Å². The zero-order valence-corrected chi connectivity index (χ0v) is 7.41. The van der Waals surface area contributed by atoms with Crippen LogP contribution in [0.1, 0.15) is 18.5 Å². The number of hydroxylamine groups is 1. The highest BCUT2D eigenvalue weighted by atomic mass is 16.5. The van der Waals surface area contributed by atoms with E-state index in [1.54, 1.807) is 0 Å². The molecule has 3 N–H and O–H groups in total. The van der Waals surface area contributed by atoms with Gasteiger partial charge in [0.2, 0.25) is 0 Å². The van der Waals surface area contributed by atoms with Crippen molar-refractivity contribution < 1.29 is 5.21 Å². The Balaban J connectivity index is 2.57. The van der Waals surface area contributed by atoms with Crippen molar-refractivity contribution in [2.45, 2.75) is 13.0 Å². The van der Waals surface area contributed by atoms with Gasteiger partial charge in [-0.05, 0) is 18.6 Å². The lowest BCUT2D eigenvalue weighted by molar-refractivity contribution is 0.134. The monoisotopic (exact) mass is 176 g/mol. The zero-order chi connectivity index (χ0) is 9.26. The van der Waals surface area contributed by atoms with Crippen LogP contribution >= 0.6 is 0 Å². The Morgan fingerprint density at radius 3 is 2.92 bits per heavy atom. The molecule has 68 valence electrons. The molecular formula is C10H12N2O. The predicted molar refractivity (Wildman–Crippen MR) is 51.6 cm³/mol. The summed E-state index contributed by atoms with van der Waals surface area (Å²) in [7, 11) is 0. The van der Waals surface area contributed by atoms with Gasteiger partial charge in [0, 0.05) is 17.1 Å². The lowest BCUT2D eigenvalue weighted by Crippen LogP contribution is -2.12. The highest BCUT2D eigenvalue weighted by Crippen LogP contribution is 2.22. The SMILES string of the molecule is C[C@H](NO)c1c[nH]c2ccccc12. The summed E-state index contributed by atoms with van der Waals surface area (Å²) in [5.41, 5.74) is 4.42. The first-order chi connectivity index (χ1) is 6.33. The molecule has 0 aliphatic rings. The molecule has 2 rings (SSSR count). The summed E-state index contributed by atoms with van der Waals surface area (Å²) >= 11 is 0. The molecule has 0 aliphatic carbocycles. The molecule has 0 unspecified atom stereocenters. The molecule has 0 amide bonds. The molecule has 0 fully saturated rings. The first-order valence-corrected chi connectivity index (χ1v) is 4.28. The molecule has 0 saturated heterocycles. The number of fused-ring (bicyclic) bond motifs is 1. The summed E-state index contributed by atoms with van der Waals surface area (Å²) in [6.07, 6.45) is 1.92. The molecular weight excluding hydrogens is 164 g/mol. The lowest BCUT2D eigenvalue weighted by Gasteiger charge is -2.06. The minimum absolute atomic E-state index is 0.0452. The first kappa shape index (κ1) is 8.29. The van der Waals surface area contributed by atoms with Crippen molar-refractivity contribution in [3.8, 4) is 0 Å². The van der Waals surface area contributed by atoms with E-state index in [4.69, 9.17) is 5.21 Å². The lowest BCUT2D eigenvalue weighted by atomic mass is 10.1. The molecule has 0 saturated carbocycles. The van der Waals surface area contributed by atoms with E-state index in [1.165, 1.54) is 0 Å². The number of H-pyrrole nitrogens is 1. The molecule has 0 spiro atoms. The van der Waals surface area contributed by atoms with Crippen LogP contribution in [-0.4, -0.2) is 10.2 Å². The number of hydrogen-bond acceptors (Lipinski definition) is 2. The van der Waals surface area contributed by atoms with Crippen LogP contribution in [0.4, 0.5) is 0 Å². The molecule has 1 heterocycles. The van der Waals surface area contributed by atoms with E-state index >= 15 is 0 Å². The minimum Gasteiger partial charge on any atom is -0.361 e. The standard InChI is InChI=1S/C10H12N2O/c1-7(12-13)9-6-11-10-5-3-2-4-8(9)10/h2-7,11-13H,1H3/t7-/m0/s1. The maximum absolute atomic E-state index is 8.80. The van der Waals surface area contributed by atoms with E-state index in [0.29, 0.717) is 0 Å². The molecule has 1 atom stereocenters. The Labute approximate surface area is 76.4 Å². The van der Waals surface area contributed by atoms with Crippen molar-refractivity contribution in [3.05, 3.63) is 36.0 Å². The minimum atomic E-state index is -0.0452. The van der Waals surface area contributed by atoms with Crippen LogP contribution < -0.4 is 5.48 Å². The van der Waals surface area contributed by atoms with Gasteiger partial charge in [0.1, 0.15) is 0 Å². The maximum atomic E-state index is 8.80. The second kappa shape index (κ2) is 3.20. The average molecular weight is 176 g/mol. The fraction of sp³-hybridized carbons (Fsp3) is 0.200. The van der Waals surface area contributed by atoms with Crippen LogP contribution in [0.15, 0.2) is 30.5 Å². The van der Waals surface area contributed by atoms with Crippen LogP contribution in [0, 0.1) is 0 Å². The Morgan fingerprint density at radius 1 is 1.38 bits per heavy atom. The van der Waals surface area contributed by atoms with Gasteiger partial charge in [-0.15, -0.1) is 0 Å². The second-order valence-corrected chi connectivity index (χ2v) is 3.14. The van der Waals surface area contributed by atoms with Gasteiger partial charge in [-0.3, -0.25) is 0 Å². The fourth-order valence-corrected chi connectivity index (χ4v) is 1.52. The van der Waals surface area contributed by atoms with Gasteiger partial charge in [-0.25, -0.2) is 0 Å². The highest BCUT2D eigenvalue weighted by Gasteiger charge is 2.08. The molecule has 0 bridgehead atoms. The number of hydrogen-bond donors (Lipinski definition) is 3. The summed E-state index contributed by atoms with van der Waals surface area (Å²) < 4.78 is 0. The summed E-state index contributed by atoms with van der Waals surface area (Å²) in [6, 6.07) is 7.98. The predicted octanol–water partition coefficient (Wildman–Crippen LogP) is 2.21. The number of nitrogens with one attached hydrogen (secondary N) is 2. The van der Waals surface area contributed by atoms with Crippen LogP contribution in [0.2, 0.25) is 0 Å². The van der Waals surface area contributed by atoms with Gasteiger partial charge in [-0.1, -0.05) is 18.2 Å². The van der Waals surface area contributed by atoms with E-state index in [9.17, 15) is 0 Å². The third-order valence-electron chi connectivity index (χ3n) is 2.28.